The van der Waals surface area contributed by atoms with E-state index in [1.807, 2.05) is 6.08 Å². The molecule has 17 heavy (non-hydrogen) atoms. The molecule has 0 saturated carbocycles. The highest BCUT2D eigenvalue weighted by molar-refractivity contribution is 14.1. The Kier molecular flexibility index (Phi) is 4.99. The van der Waals surface area contributed by atoms with Crippen LogP contribution in [0.25, 0.3) is 0 Å². The van der Waals surface area contributed by atoms with Crippen LogP contribution in [0.3, 0.4) is 0 Å². The van der Waals surface area contributed by atoms with Crippen LogP contribution in [-0.2, 0) is 0 Å². The Bertz CT molecular complexity index is 428. The first-order valence-corrected chi connectivity index (χ1v) is 7.18. The highest BCUT2D eigenvalue weighted by atomic mass is 127. The SMILES string of the molecule is C=CC1=C(/C=C\C)C(=C/CC)/C(=C\C)C1(C)I. The molecular formula is C16H21I. The summed E-state index contributed by atoms with van der Waals surface area (Å²) in [7, 11) is 0. The van der Waals surface area contributed by atoms with E-state index in [0.717, 1.165) is 6.42 Å². The van der Waals surface area contributed by atoms with Gasteiger partial charge in [0.05, 0.1) is 3.42 Å². The molecule has 0 fully saturated rings. The Morgan fingerprint density at radius 2 is 2.00 bits per heavy atom. The van der Waals surface area contributed by atoms with Crippen LogP contribution in [-0.4, -0.2) is 3.42 Å². The molecule has 1 unspecified atom stereocenters. The van der Waals surface area contributed by atoms with Crippen molar-refractivity contribution in [1.82, 2.24) is 0 Å². The van der Waals surface area contributed by atoms with Crippen molar-refractivity contribution in [3.63, 3.8) is 0 Å². The van der Waals surface area contributed by atoms with E-state index in [2.05, 4.69) is 81.2 Å². The molecule has 0 aromatic heterocycles. The number of hydrogen-bond acceptors (Lipinski definition) is 0. The molecule has 92 valence electrons. The summed E-state index contributed by atoms with van der Waals surface area (Å²) in [4.78, 5) is 0. The van der Waals surface area contributed by atoms with Gasteiger partial charge in [-0.25, -0.2) is 0 Å². The standard InChI is InChI=1S/C16H21I/c1-6-10-12-13(11-7-2)15(9-4)16(5,17)14(12)8-3/h6,8-11H,3,7H2,1-2,4-5H3/b10-6-,13-11-,15-9+. The second-order valence-electron chi connectivity index (χ2n) is 4.26. The Morgan fingerprint density at radius 3 is 2.41 bits per heavy atom. The number of hydrogen-bond donors (Lipinski definition) is 0. The number of halogens is 1. The average molecular weight is 340 g/mol. The van der Waals surface area contributed by atoms with Gasteiger partial charge in [-0.3, -0.25) is 0 Å². The van der Waals surface area contributed by atoms with E-state index >= 15 is 0 Å². The van der Waals surface area contributed by atoms with E-state index in [1.165, 1.54) is 22.3 Å². The van der Waals surface area contributed by atoms with Gasteiger partial charge in [0, 0.05) is 0 Å². The first-order chi connectivity index (χ1) is 8.04. The third-order valence-corrected chi connectivity index (χ3v) is 4.28. The van der Waals surface area contributed by atoms with Crippen molar-refractivity contribution in [1.29, 1.82) is 0 Å². The van der Waals surface area contributed by atoms with Crippen LogP contribution < -0.4 is 0 Å². The molecule has 1 aliphatic carbocycles. The van der Waals surface area contributed by atoms with E-state index in [0.29, 0.717) is 0 Å². The maximum absolute atomic E-state index is 3.98. The Balaban J connectivity index is 3.54. The third kappa shape index (κ3) is 2.49. The summed E-state index contributed by atoms with van der Waals surface area (Å²) in [5, 5.41) is 0. The molecule has 1 rings (SSSR count). The molecule has 0 radical (unpaired) electrons. The molecule has 0 bridgehead atoms. The zero-order valence-corrected chi connectivity index (χ0v) is 13.3. The van der Waals surface area contributed by atoms with E-state index in [4.69, 9.17) is 0 Å². The summed E-state index contributed by atoms with van der Waals surface area (Å²) in [6.45, 7) is 12.6. The zero-order chi connectivity index (χ0) is 13.1. The molecule has 0 saturated heterocycles. The van der Waals surface area contributed by atoms with Crippen LogP contribution in [0.2, 0.25) is 0 Å². The Morgan fingerprint density at radius 1 is 1.35 bits per heavy atom. The lowest BCUT2D eigenvalue weighted by atomic mass is 9.96. The van der Waals surface area contributed by atoms with Gasteiger partial charge in [0.2, 0.25) is 0 Å². The second-order valence-corrected chi connectivity index (χ2v) is 6.42. The van der Waals surface area contributed by atoms with E-state index in [-0.39, 0.29) is 3.42 Å². The average Bonchev–Trinajstić information content (AvgIpc) is 2.47. The number of allylic oxidation sites excluding steroid dienone is 9. The fourth-order valence-electron chi connectivity index (χ4n) is 2.44. The lowest BCUT2D eigenvalue weighted by molar-refractivity contribution is 0.974. The largest absolute Gasteiger partial charge is 0.0987 e. The predicted molar refractivity (Wildman–Crippen MR) is 86.6 cm³/mol. The minimum Gasteiger partial charge on any atom is -0.0987 e. The van der Waals surface area contributed by atoms with Gasteiger partial charge in [0.15, 0.2) is 0 Å². The molecule has 0 aliphatic heterocycles. The lowest BCUT2D eigenvalue weighted by Gasteiger charge is -2.21. The van der Waals surface area contributed by atoms with E-state index < -0.39 is 0 Å². The minimum atomic E-state index is 0.0457. The van der Waals surface area contributed by atoms with Crippen molar-refractivity contribution in [3.05, 3.63) is 59.3 Å². The molecule has 1 aliphatic rings. The molecule has 0 amide bonds. The van der Waals surface area contributed by atoms with Gasteiger partial charge in [-0.05, 0) is 49.5 Å². The van der Waals surface area contributed by atoms with Crippen molar-refractivity contribution < 1.29 is 0 Å². The van der Waals surface area contributed by atoms with Crippen molar-refractivity contribution in [3.8, 4) is 0 Å². The molecule has 0 aromatic carbocycles. The van der Waals surface area contributed by atoms with Crippen LogP contribution in [0, 0.1) is 0 Å². The quantitative estimate of drug-likeness (QED) is 0.468. The summed E-state index contributed by atoms with van der Waals surface area (Å²) < 4.78 is 0.0457. The summed E-state index contributed by atoms with van der Waals surface area (Å²) in [6, 6.07) is 0. The molecule has 1 atom stereocenters. The van der Waals surface area contributed by atoms with Crippen molar-refractivity contribution in [2.75, 3.05) is 0 Å². The van der Waals surface area contributed by atoms with E-state index in [9.17, 15) is 0 Å². The molecule has 0 aromatic rings. The Hall–Kier alpha value is -0.570. The summed E-state index contributed by atoms with van der Waals surface area (Å²) in [5.74, 6) is 0. The molecule has 1 heteroatoms. The maximum Gasteiger partial charge on any atom is 0.0699 e. The summed E-state index contributed by atoms with van der Waals surface area (Å²) >= 11 is 2.53. The molecule has 0 nitrogen and oxygen atoms in total. The Labute approximate surface area is 119 Å². The van der Waals surface area contributed by atoms with Crippen molar-refractivity contribution in [2.45, 2.75) is 37.5 Å². The topological polar surface area (TPSA) is 0 Å². The van der Waals surface area contributed by atoms with Crippen molar-refractivity contribution in [2.24, 2.45) is 0 Å². The lowest BCUT2D eigenvalue weighted by Crippen LogP contribution is -2.16. The van der Waals surface area contributed by atoms with Gasteiger partial charge in [-0.15, -0.1) is 0 Å². The maximum atomic E-state index is 3.98. The first kappa shape index (κ1) is 14.5. The van der Waals surface area contributed by atoms with Crippen LogP contribution >= 0.6 is 22.6 Å². The monoisotopic (exact) mass is 340 g/mol. The summed E-state index contributed by atoms with van der Waals surface area (Å²) in [6.07, 6.45) is 11.9. The fraction of sp³-hybridized carbons (Fsp3) is 0.375. The van der Waals surface area contributed by atoms with Crippen LogP contribution in [0.4, 0.5) is 0 Å². The van der Waals surface area contributed by atoms with E-state index in [1.54, 1.807) is 0 Å². The minimum absolute atomic E-state index is 0.0457. The fourth-order valence-corrected chi connectivity index (χ4v) is 3.55. The summed E-state index contributed by atoms with van der Waals surface area (Å²) in [5.41, 5.74) is 5.43. The van der Waals surface area contributed by atoms with Gasteiger partial charge in [-0.1, -0.05) is 66.5 Å². The predicted octanol–water partition coefficient (Wildman–Crippen LogP) is 5.54. The second kappa shape index (κ2) is 5.85. The highest BCUT2D eigenvalue weighted by Crippen LogP contribution is 2.50. The van der Waals surface area contributed by atoms with Crippen molar-refractivity contribution >= 4 is 22.6 Å². The van der Waals surface area contributed by atoms with Gasteiger partial charge in [0.1, 0.15) is 0 Å². The molecule has 0 spiro atoms. The highest BCUT2D eigenvalue weighted by Gasteiger charge is 2.38. The van der Waals surface area contributed by atoms with Gasteiger partial charge in [0.25, 0.3) is 0 Å². The zero-order valence-electron chi connectivity index (χ0n) is 11.2. The number of alkyl halides is 1. The molecular weight excluding hydrogens is 319 g/mol. The first-order valence-electron chi connectivity index (χ1n) is 6.11. The third-order valence-electron chi connectivity index (χ3n) is 3.12. The smallest absolute Gasteiger partial charge is 0.0699 e. The van der Waals surface area contributed by atoms with Crippen LogP contribution in [0.1, 0.15) is 34.1 Å². The van der Waals surface area contributed by atoms with Gasteiger partial charge < -0.3 is 0 Å². The normalized spacial score (nSPS) is 29.9. The van der Waals surface area contributed by atoms with Gasteiger partial charge in [-0.2, -0.15) is 0 Å². The number of rotatable bonds is 3. The van der Waals surface area contributed by atoms with Gasteiger partial charge >= 0.3 is 0 Å². The van der Waals surface area contributed by atoms with Crippen LogP contribution in [0.5, 0.6) is 0 Å². The molecule has 0 heterocycles. The van der Waals surface area contributed by atoms with Crippen LogP contribution in [0.15, 0.2) is 59.3 Å². The molecule has 0 N–H and O–H groups in total.